The molecule has 160 valence electrons. The lowest BCUT2D eigenvalue weighted by Crippen LogP contribution is -2.41. The van der Waals surface area contributed by atoms with Crippen molar-refractivity contribution in [1.82, 2.24) is 4.31 Å². The van der Waals surface area contributed by atoms with E-state index in [1.807, 2.05) is 36.4 Å². The van der Waals surface area contributed by atoms with Crippen LogP contribution in [-0.2, 0) is 10.0 Å². The van der Waals surface area contributed by atoms with Crippen molar-refractivity contribution < 1.29 is 13.2 Å². The molecule has 1 atom stereocenters. The number of fused-ring (bicyclic) bond motifs is 1. The highest BCUT2D eigenvalue weighted by molar-refractivity contribution is 7.89. The van der Waals surface area contributed by atoms with Gasteiger partial charge in [-0.15, -0.1) is 11.6 Å². The van der Waals surface area contributed by atoms with Gasteiger partial charge in [0.2, 0.25) is 10.0 Å². The Balaban J connectivity index is 1.61. The monoisotopic (exact) mass is 447 g/mol. The van der Waals surface area contributed by atoms with Crippen LogP contribution in [0.5, 0.6) is 0 Å². The second-order valence-electron chi connectivity index (χ2n) is 7.95. The topological polar surface area (TPSA) is 92.5 Å². The minimum atomic E-state index is -3.28. The van der Waals surface area contributed by atoms with Gasteiger partial charge in [-0.1, -0.05) is 30.3 Å². The molecule has 1 saturated heterocycles. The Labute approximate surface area is 182 Å². The summed E-state index contributed by atoms with van der Waals surface area (Å²) in [5, 5.41) is 3.39. The number of carbonyl (C=O) groups is 1. The molecule has 3 N–H and O–H groups in total. The van der Waals surface area contributed by atoms with Gasteiger partial charge in [0.1, 0.15) is 0 Å². The number of benzene rings is 2. The number of hydrogen-bond donors (Lipinski definition) is 2. The minimum Gasteiger partial charge on any atom is -0.384 e. The number of rotatable bonds is 6. The smallest absolute Gasteiger partial charge is 0.250 e. The summed E-state index contributed by atoms with van der Waals surface area (Å²) < 4.78 is 26.2. The number of sulfonamides is 1. The number of piperidine rings is 1. The van der Waals surface area contributed by atoms with Gasteiger partial charge in [0.15, 0.2) is 0 Å². The van der Waals surface area contributed by atoms with Crippen LogP contribution in [0.25, 0.3) is 11.1 Å². The van der Waals surface area contributed by atoms with E-state index in [2.05, 4.69) is 11.4 Å². The molecule has 2 aromatic carbocycles. The van der Waals surface area contributed by atoms with Gasteiger partial charge >= 0.3 is 0 Å². The fourth-order valence-electron chi connectivity index (χ4n) is 4.67. The third-order valence-corrected chi connectivity index (χ3v) is 8.52. The van der Waals surface area contributed by atoms with Crippen LogP contribution in [-0.4, -0.2) is 49.9 Å². The maximum Gasteiger partial charge on any atom is 0.250 e. The van der Waals surface area contributed by atoms with Crippen LogP contribution < -0.4 is 11.1 Å². The lowest BCUT2D eigenvalue weighted by Gasteiger charge is -2.34. The molecule has 8 heteroatoms. The van der Waals surface area contributed by atoms with Crippen molar-refractivity contribution in [3.05, 3.63) is 53.6 Å². The number of nitrogens with one attached hydrogen (secondary N) is 1. The second kappa shape index (κ2) is 8.57. The predicted octanol–water partition coefficient (Wildman–Crippen LogP) is 3.24. The van der Waals surface area contributed by atoms with E-state index in [-0.39, 0.29) is 17.6 Å². The molecule has 0 bridgehead atoms. The van der Waals surface area contributed by atoms with Gasteiger partial charge in [-0.2, -0.15) is 0 Å². The Hall–Kier alpha value is -2.09. The van der Waals surface area contributed by atoms with Gasteiger partial charge in [0, 0.05) is 31.4 Å². The molecule has 0 aliphatic carbocycles. The minimum absolute atomic E-state index is 0.0184. The van der Waals surface area contributed by atoms with E-state index in [1.54, 1.807) is 4.31 Å². The number of hydrogen-bond acceptors (Lipinski definition) is 4. The molecule has 4 rings (SSSR count). The lowest BCUT2D eigenvalue weighted by atomic mass is 9.80. The van der Waals surface area contributed by atoms with Crippen LogP contribution in [0, 0.1) is 5.92 Å². The maximum absolute atomic E-state index is 12.3. The third kappa shape index (κ3) is 4.06. The van der Waals surface area contributed by atoms with E-state index in [0.717, 1.165) is 41.8 Å². The van der Waals surface area contributed by atoms with E-state index in [4.69, 9.17) is 17.3 Å². The van der Waals surface area contributed by atoms with Crippen LogP contribution >= 0.6 is 11.6 Å². The second-order valence-corrected chi connectivity index (χ2v) is 10.4. The first kappa shape index (κ1) is 21.2. The number of carbonyl (C=O) groups excluding carboxylic acids is 1. The predicted molar refractivity (Wildman–Crippen MR) is 120 cm³/mol. The average molecular weight is 448 g/mol. The first-order valence-electron chi connectivity index (χ1n) is 10.2. The first-order valence-corrected chi connectivity index (χ1v) is 12.4. The lowest BCUT2D eigenvalue weighted by molar-refractivity contribution is 0.100. The standard InChI is InChI=1S/C22H26ClN3O3S/c23-8-11-30(28,29)26-9-6-16(7-10-26)20-14-25-21-18(20)12-17(13-19(21)22(24)27)15-4-2-1-3-5-15/h1-5,12-13,16,20,25H,6-11,14H2,(H2,24,27). The fourth-order valence-corrected chi connectivity index (χ4v) is 6.48. The number of alkyl halides is 1. The molecule has 1 amide bonds. The van der Waals surface area contributed by atoms with Crippen LogP contribution in [0.3, 0.4) is 0 Å². The molecule has 1 fully saturated rings. The summed E-state index contributed by atoms with van der Waals surface area (Å²) in [6, 6.07) is 13.9. The Kier molecular flexibility index (Phi) is 6.04. The summed E-state index contributed by atoms with van der Waals surface area (Å²) in [7, 11) is -3.28. The van der Waals surface area contributed by atoms with E-state index in [0.29, 0.717) is 24.6 Å². The van der Waals surface area contributed by atoms with Gasteiger partial charge in [0.05, 0.1) is 17.0 Å². The number of nitrogens with two attached hydrogens (primary N) is 1. The van der Waals surface area contributed by atoms with Gasteiger partial charge in [-0.05, 0) is 47.6 Å². The molecule has 6 nitrogen and oxygen atoms in total. The van der Waals surface area contributed by atoms with Crippen LogP contribution in [0.4, 0.5) is 5.69 Å². The van der Waals surface area contributed by atoms with Crippen molar-refractivity contribution in [2.24, 2.45) is 11.7 Å². The zero-order valence-electron chi connectivity index (χ0n) is 16.7. The Morgan fingerprint density at radius 2 is 1.83 bits per heavy atom. The largest absolute Gasteiger partial charge is 0.384 e. The van der Waals surface area contributed by atoms with Gasteiger partial charge in [0.25, 0.3) is 5.91 Å². The zero-order valence-corrected chi connectivity index (χ0v) is 18.3. The Morgan fingerprint density at radius 1 is 1.13 bits per heavy atom. The molecular formula is C22H26ClN3O3S. The highest BCUT2D eigenvalue weighted by Crippen LogP contribution is 2.44. The van der Waals surface area contributed by atoms with Crippen LogP contribution in [0.1, 0.15) is 34.7 Å². The fraction of sp³-hybridized carbons (Fsp3) is 0.409. The van der Waals surface area contributed by atoms with Crippen molar-refractivity contribution in [3.63, 3.8) is 0 Å². The molecule has 2 aliphatic rings. The van der Waals surface area contributed by atoms with Crippen LogP contribution in [0.15, 0.2) is 42.5 Å². The highest BCUT2D eigenvalue weighted by atomic mass is 35.5. The molecule has 0 radical (unpaired) electrons. The number of nitrogens with zero attached hydrogens (tertiary/aromatic N) is 1. The molecular weight excluding hydrogens is 422 g/mol. The first-order chi connectivity index (χ1) is 14.4. The van der Waals surface area contributed by atoms with E-state index < -0.39 is 15.9 Å². The maximum atomic E-state index is 12.3. The van der Waals surface area contributed by atoms with E-state index in [1.165, 1.54) is 0 Å². The number of primary amides is 1. The van der Waals surface area contributed by atoms with Crippen molar-refractivity contribution in [1.29, 1.82) is 0 Å². The van der Waals surface area contributed by atoms with Crippen molar-refractivity contribution in [3.8, 4) is 11.1 Å². The summed E-state index contributed by atoms with van der Waals surface area (Å²) >= 11 is 5.65. The van der Waals surface area contributed by atoms with Crippen LogP contribution in [0.2, 0.25) is 0 Å². The highest BCUT2D eigenvalue weighted by Gasteiger charge is 2.36. The molecule has 0 spiro atoms. The molecule has 0 aromatic heterocycles. The third-order valence-electron chi connectivity index (χ3n) is 6.24. The molecule has 1 unspecified atom stereocenters. The Morgan fingerprint density at radius 3 is 2.47 bits per heavy atom. The molecule has 30 heavy (non-hydrogen) atoms. The van der Waals surface area contributed by atoms with Crippen molar-refractivity contribution in [2.75, 3.05) is 36.6 Å². The zero-order chi connectivity index (χ0) is 21.3. The van der Waals surface area contributed by atoms with Gasteiger partial charge in [-0.25, -0.2) is 12.7 Å². The summed E-state index contributed by atoms with van der Waals surface area (Å²) in [4.78, 5) is 12.1. The normalized spacial score (nSPS) is 20.0. The molecule has 2 aliphatic heterocycles. The summed E-state index contributed by atoms with van der Waals surface area (Å²) in [5.74, 6) is 0.210. The quantitative estimate of drug-likeness (QED) is 0.665. The number of anilines is 1. The molecule has 2 heterocycles. The molecule has 2 aromatic rings. The number of amides is 1. The summed E-state index contributed by atoms with van der Waals surface area (Å²) in [6.45, 7) is 1.75. The SMILES string of the molecule is NC(=O)c1cc(-c2ccccc2)cc2c1NCC2C1CCN(S(=O)(=O)CCCl)CC1. The van der Waals surface area contributed by atoms with Gasteiger partial charge in [-0.3, -0.25) is 4.79 Å². The summed E-state index contributed by atoms with van der Waals surface area (Å²) in [5.41, 5.74) is 10.1. The van der Waals surface area contributed by atoms with E-state index in [9.17, 15) is 13.2 Å². The van der Waals surface area contributed by atoms with Gasteiger partial charge < -0.3 is 11.1 Å². The van der Waals surface area contributed by atoms with E-state index >= 15 is 0 Å². The summed E-state index contributed by atoms with van der Waals surface area (Å²) in [6.07, 6.45) is 1.57. The molecule has 0 saturated carbocycles. The number of halogens is 1. The van der Waals surface area contributed by atoms with Crippen molar-refractivity contribution >= 4 is 33.2 Å². The van der Waals surface area contributed by atoms with Crippen molar-refractivity contribution in [2.45, 2.75) is 18.8 Å². The average Bonchev–Trinajstić information content (AvgIpc) is 3.17. The Bertz CT molecular complexity index is 1040.